The first-order valence-electron chi connectivity index (χ1n) is 23.9. The number of carbonyl (C=O) groups excluding carboxylic acids is 2. The Bertz CT molecular complexity index is 2550. The molecule has 2 atom stereocenters. The first kappa shape index (κ1) is 53.8. The standard InChI is InChI=1S/C53H73N13O4/c1-14-64(24-23-63(13)40(8)55-22-21-54-12)39(7)45(59-51(68)44-34-70-62-38(44)6)17-15-36(4)37(5)29-43-32-58-49(33-57-43)66-27-25-65(26-28-66)47-30-41(35(2)3)16-18-46(47)60-50(67)42-19-20-56-48(31-42)61-52(69)53(9,10)11/h15-22,30-35,37,52,69H,4,12,14,23-29H2,1-3,5-11,13H3,(H,56,61)(H,59,68)(H,60,67). The molecule has 0 bridgehead atoms. The van der Waals surface area contributed by atoms with E-state index in [1.165, 1.54) is 11.8 Å². The second kappa shape index (κ2) is 24.9. The molecule has 1 aliphatic heterocycles. The highest BCUT2D eigenvalue weighted by Crippen LogP contribution is 2.32. The van der Waals surface area contributed by atoms with E-state index in [-0.39, 0.29) is 17.7 Å². The van der Waals surface area contributed by atoms with Crippen molar-refractivity contribution in [3.63, 3.8) is 0 Å². The Balaban J connectivity index is 1.23. The smallest absolute Gasteiger partial charge is 0.260 e. The molecule has 2 amide bonds. The molecule has 1 aliphatic rings. The zero-order chi connectivity index (χ0) is 51.1. The zero-order valence-electron chi connectivity index (χ0n) is 43.0. The molecule has 70 heavy (non-hydrogen) atoms. The van der Waals surface area contributed by atoms with Crippen molar-refractivity contribution in [2.45, 2.75) is 87.8 Å². The monoisotopic (exact) mass is 956 g/mol. The number of nitrogens with zero attached hydrogens (tertiary/aromatic N) is 10. The number of aryl methyl sites for hydroxylation is 1. The van der Waals surface area contributed by atoms with E-state index in [0.29, 0.717) is 73.4 Å². The average molecular weight is 956 g/mol. The summed E-state index contributed by atoms with van der Waals surface area (Å²) in [4.78, 5) is 58.0. The molecule has 3 aromatic heterocycles. The summed E-state index contributed by atoms with van der Waals surface area (Å²) in [6.07, 6.45) is 13.4. The van der Waals surface area contributed by atoms with Gasteiger partial charge in [0.2, 0.25) is 0 Å². The summed E-state index contributed by atoms with van der Waals surface area (Å²) >= 11 is 0. The molecule has 17 nitrogen and oxygen atoms in total. The van der Waals surface area contributed by atoms with E-state index in [4.69, 9.17) is 14.5 Å². The average Bonchev–Trinajstić information content (AvgIpc) is 3.78. The van der Waals surface area contributed by atoms with Crippen LogP contribution in [0.3, 0.4) is 0 Å². The van der Waals surface area contributed by atoms with Gasteiger partial charge in [-0.05, 0) is 88.6 Å². The Hall–Kier alpha value is -7.14. The molecule has 2 unspecified atom stereocenters. The molecule has 5 rings (SSSR count). The number of aliphatic imine (C=N–C) groups is 2. The molecule has 4 aromatic rings. The number of aliphatic hydroxyl groups excluding tert-OH is 1. The molecule has 0 radical (unpaired) electrons. The van der Waals surface area contributed by atoms with Gasteiger partial charge in [0.05, 0.1) is 40.9 Å². The maximum atomic E-state index is 13.6. The predicted octanol–water partition coefficient (Wildman–Crippen LogP) is 8.44. The quantitative estimate of drug-likeness (QED) is 0.0269. The van der Waals surface area contributed by atoms with Crippen LogP contribution in [0.2, 0.25) is 0 Å². The van der Waals surface area contributed by atoms with Gasteiger partial charge in [-0.15, -0.1) is 0 Å². The molecular weight excluding hydrogens is 883 g/mol. The summed E-state index contributed by atoms with van der Waals surface area (Å²) in [5, 5.41) is 23.7. The second-order valence-electron chi connectivity index (χ2n) is 19.0. The largest absolute Gasteiger partial charge is 0.373 e. The third-order valence-corrected chi connectivity index (χ3v) is 12.5. The lowest BCUT2D eigenvalue weighted by Crippen LogP contribution is -2.47. The van der Waals surface area contributed by atoms with Gasteiger partial charge in [0, 0.05) is 88.1 Å². The molecule has 374 valence electrons. The normalized spacial score (nSPS) is 14.7. The number of likely N-dealkylation sites (N-methyl/N-ethyl adjacent to an activating group) is 2. The summed E-state index contributed by atoms with van der Waals surface area (Å²) in [6.45, 7) is 32.7. The third-order valence-electron chi connectivity index (χ3n) is 12.5. The number of piperazine rings is 1. The van der Waals surface area contributed by atoms with Crippen molar-refractivity contribution in [1.82, 2.24) is 35.2 Å². The van der Waals surface area contributed by atoms with Crippen molar-refractivity contribution in [3.8, 4) is 0 Å². The number of hydrogen-bond donors (Lipinski definition) is 4. The number of amidine groups is 1. The number of allylic oxidation sites excluding steroid dienone is 4. The molecule has 1 saturated heterocycles. The van der Waals surface area contributed by atoms with E-state index in [1.807, 2.05) is 72.3 Å². The van der Waals surface area contributed by atoms with Gasteiger partial charge in [-0.2, -0.15) is 0 Å². The topological polar surface area (TPSA) is 193 Å². The molecule has 0 aliphatic carbocycles. The Morgan fingerprint density at radius 2 is 1.70 bits per heavy atom. The van der Waals surface area contributed by atoms with Gasteiger partial charge in [-0.3, -0.25) is 19.6 Å². The summed E-state index contributed by atoms with van der Waals surface area (Å²) in [5.74, 6) is 1.81. The van der Waals surface area contributed by atoms with E-state index in [1.54, 1.807) is 37.7 Å². The van der Waals surface area contributed by atoms with Gasteiger partial charge in [-0.25, -0.2) is 15.0 Å². The van der Waals surface area contributed by atoms with Crippen LogP contribution in [-0.2, 0) is 6.42 Å². The summed E-state index contributed by atoms with van der Waals surface area (Å²) < 4.78 is 5.07. The highest BCUT2D eigenvalue weighted by Gasteiger charge is 2.25. The summed E-state index contributed by atoms with van der Waals surface area (Å²) in [7, 11) is 1.99. The Morgan fingerprint density at radius 1 is 0.971 bits per heavy atom. The van der Waals surface area contributed by atoms with E-state index < -0.39 is 11.6 Å². The molecule has 1 aromatic carbocycles. The number of benzene rings is 1. The Kier molecular flexibility index (Phi) is 19.2. The van der Waals surface area contributed by atoms with E-state index >= 15 is 0 Å². The van der Waals surface area contributed by atoms with Crippen LogP contribution in [0.1, 0.15) is 106 Å². The number of rotatable bonds is 21. The van der Waals surface area contributed by atoms with Crippen LogP contribution in [0.25, 0.3) is 0 Å². The van der Waals surface area contributed by atoms with Crippen LogP contribution in [0, 0.1) is 18.3 Å². The maximum absolute atomic E-state index is 13.6. The van der Waals surface area contributed by atoms with Crippen LogP contribution < -0.4 is 25.8 Å². The number of aliphatic hydroxyl groups is 1. The lowest BCUT2D eigenvalue weighted by atomic mass is 9.94. The van der Waals surface area contributed by atoms with Crippen LogP contribution in [-0.4, -0.2) is 118 Å². The van der Waals surface area contributed by atoms with E-state index in [0.717, 1.165) is 53.1 Å². The van der Waals surface area contributed by atoms with Gasteiger partial charge < -0.3 is 45.2 Å². The number of nitrogens with one attached hydrogen (secondary N) is 3. The Labute approximate surface area is 414 Å². The number of anilines is 4. The maximum Gasteiger partial charge on any atom is 0.260 e. The van der Waals surface area contributed by atoms with Gasteiger partial charge in [0.1, 0.15) is 35.5 Å². The van der Waals surface area contributed by atoms with Gasteiger partial charge in [-0.1, -0.05) is 71.0 Å². The number of pyridine rings is 1. The minimum Gasteiger partial charge on any atom is -0.373 e. The lowest BCUT2D eigenvalue weighted by molar-refractivity contribution is 0.0876. The fourth-order valence-corrected chi connectivity index (χ4v) is 7.47. The van der Waals surface area contributed by atoms with Gasteiger partial charge in [0.25, 0.3) is 11.8 Å². The number of carbonyl (C=O) groups is 2. The predicted molar refractivity (Wildman–Crippen MR) is 282 cm³/mol. The van der Waals surface area contributed by atoms with Crippen molar-refractivity contribution in [2.24, 2.45) is 21.3 Å². The molecule has 0 spiro atoms. The highest BCUT2D eigenvalue weighted by atomic mass is 16.5. The fraction of sp³-hybridized carbons (Fsp3) is 0.434. The van der Waals surface area contributed by atoms with E-state index in [2.05, 4.69) is 109 Å². The molecule has 17 heteroatoms. The van der Waals surface area contributed by atoms with Crippen molar-refractivity contribution in [1.29, 1.82) is 0 Å². The summed E-state index contributed by atoms with van der Waals surface area (Å²) in [5.41, 5.74) is 6.99. The number of hydrogen-bond acceptors (Lipinski definition) is 14. The fourth-order valence-electron chi connectivity index (χ4n) is 7.47. The second-order valence-corrected chi connectivity index (χ2v) is 19.0. The molecule has 4 N–H and O–H groups in total. The SMILES string of the molecule is C=NC=CN=C(C)N(C)CCN(CC)C(C)=C(C=CC(=C)C(C)Cc1cnc(N2CCN(c3cc(C(C)C)ccc3NC(=O)c3ccnc(NC(O)C(C)(C)C)c3)CC2)cn1)NC(=O)c1conc1C. The Morgan fingerprint density at radius 3 is 2.33 bits per heavy atom. The molecule has 4 heterocycles. The third kappa shape index (κ3) is 14.9. The van der Waals surface area contributed by atoms with Crippen molar-refractivity contribution >= 4 is 47.4 Å². The van der Waals surface area contributed by atoms with E-state index in [9.17, 15) is 14.7 Å². The molecule has 1 fully saturated rings. The van der Waals surface area contributed by atoms with Crippen LogP contribution in [0.4, 0.5) is 23.0 Å². The van der Waals surface area contributed by atoms with Gasteiger partial charge in [0.15, 0.2) is 0 Å². The lowest BCUT2D eigenvalue weighted by Gasteiger charge is -2.37. The first-order valence-corrected chi connectivity index (χ1v) is 23.9. The summed E-state index contributed by atoms with van der Waals surface area (Å²) in [6, 6.07) is 9.53. The van der Waals surface area contributed by atoms with Crippen molar-refractivity contribution in [2.75, 3.05) is 73.3 Å². The zero-order valence-corrected chi connectivity index (χ0v) is 43.0. The van der Waals surface area contributed by atoms with Crippen LogP contribution in [0.15, 0.2) is 118 Å². The van der Waals surface area contributed by atoms with Crippen LogP contribution >= 0.6 is 0 Å². The minimum absolute atomic E-state index is 0.0241. The minimum atomic E-state index is -0.838. The molecular formula is C53H73N13O4. The first-order chi connectivity index (χ1) is 33.3. The number of amides is 2. The van der Waals surface area contributed by atoms with Crippen molar-refractivity contribution < 1.29 is 19.2 Å². The molecule has 0 saturated carbocycles. The highest BCUT2D eigenvalue weighted by molar-refractivity contribution is 6.06. The van der Waals surface area contributed by atoms with Gasteiger partial charge >= 0.3 is 0 Å². The van der Waals surface area contributed by atoms with Crippen molar-refractivity contribution in [3.05, 3.63) is 131 Å². The van der Waals surface area contributed by atoms with Crippen LogP contribution in [0.5, 0.6) is 0 Å². The number of aromatic nitrogens is 4.